The normalized spacial score (nSPS) is 15.2. The molecule has 7 heteroatoms. The molecule has 0 bridgehead atoms. The van der Waals surface area contributed by atoms with Gasteiger partial charge in [-0.15, -0.1) is 0 Å². The first kappa shape index (κ1) is 17.3. The summed E-state index contributed by atoms with van der Waals surface area (Å²) in [4.78, 5) is 17.3. The van der Waals surface area contributed by atoms with Crippen LogP contribution in [0.25, 0.3) is 44.6 Å². The molecule has 0 saturated carbocycles. The van der Waals surface area contributed by atoms with Gasteiger partial charge in [0, 0.05) is 40.3 Å². The Balaban J connectivity index is 1.47. The molecule has 0 spiro atoms. The number of fused-ring (bicyclic) bond motifs is 2. The maximum Gasteiger partial charge on any atom is 0.116 e. The number of nitrogens with one attached hydrogen (secondary N) is 3. The van der Waals surface area contributed by atoms with Gasteiger partial charge in [0.05, 0.1) is 28.8 Å². The van der Waals surface area contributed by atoms with Crippen molar-refractivity contribution in [3.05, 3.63) is 60.7 Å². The SMILES string of the molecule is c1ccc(-c2nccc3[nH]c(-c4n[nH]c5cnc(C6CCNCC6)cc45)cc23)nc1. The van der Waals surface area contributed by atoms with Crippen LogP contribution in [0.3, 0.4) is 0 Å². The van der Waals surface area contributed by atoms with Crippen molar-refractivity contribution in [2.75, 3.05) is 13.1 Å². The van der Waals surface area contributed by atoms with E-state index in [1.807, 2.05) is 36.7 Å². The van der Waals surface area contributed by atoms with Crippen LogP contribution in [0, 0.1) is 0 Å². The Morgan fingerprint density at radius 2 is 1.73 bits per heavy atom. The lowest BCUT2D eigenvalue weighted by Gasteiger charge is -2.22. The Kier molecular flexibility index (Phi) is 4.06. The average molecular weight is 395 g/mol. The number of hydrogen-bond acceptors (Lipinski definition) is 5. The van der Waals surface area contributed by atoms with E-state index in [2.05, 4.69) is 42.6 Å². The molecule has 148 valence electrons. The van der Waals surface area contributed by atoms with Gasteiger partial charge in [-0.3, -0.25) is 20.1 Å². The lowest BCUT2D eigenvalue weighted by Crippen LogP contribution is -2.27. The summed E-state index contributed by atoms with van der Waals surface area (Å²) < 4.78 is 0. The average Bonchev–Trinajstić information content (AvgIpc) is 3.43. The highest BCUT2D eigenvalue weighted by atomic mass is 15.1. The van der Waals surface area contributed by atoms with Crippen LogP contribution in [-0.2, 0) is 0 Å². The number of rotatable bonds is 3. The van der Waals surface area contributed by atoms with Gasteiger partial charge in [0.2, 0.25) is 0 Å². The van der Waals surface area contributed by atoms with E-state index in [-0.39, 0.29) is 0 Å². The summed E-state index contributed by atoms with van der Waals surface area (Å²) in [6, 6.07) is 12.2. The fraction of sp³-hybridized carbons (Fsp3) is 0.217. The topological polar surface area (TPSA) is 95.2 Å². The number of pyridine rings is 3. The molecule has 6 heterocycles. The van der Waals surface area contributed by atoms with E-state index in [0.29, 0.717) is 5.92 Å². The summed E-state index contributed by atoms with van der Waals surface area (Å²) in [5.74, 6) is 0.501. The number of piperidine rings is 1. The molecular weight excluding hydrogens is 374 g/mol. The zero-order valence-electron chi connectivity index (χ0n) is 16.4. The fourth-order valence-corrected chi connectivity index (χ4v) is 4.37. The van der Waals surface area contributed by atoms with Crippen LogP contribution in [0.4, 0.5) is 0 Å². The largest absolute Gasteiger partial charge is 0.353 e. The first-order valence-corrected chi connectivity index (χ1v) is 10.3. The summed E-state index contributed by atoms with van der Waals surface area (Å²) >= 11 is 0. The number of aromatic nitrogens is 6. The van der Waals surface area contributed by atoms with E-state index in [1.165, 1.54) is 0 Å². The monoisotopic (exact) mass is 395 g/mol. The van der Waals surface area contributed by atoms with Gasteiger partial charge < -0.3 is 10.3 Å². The van der Waals surface area contributed by atoms with Crippen molar-refractivity contribution < 1.29 is 0 Å². The van der Waals surface area contributed by atoms with Gasteiger partial charge in [-0.05, 0) is 56.3 Å². The highest BCUT2D eigenvalue weighted by molar-refractivity contribution is 5.99. The summed E-state index contributed by atoms with van der Waals surface area (Å²) in [5, 5.41) is 13.3. The molecule has 3 N–H and O–H groups in total. The predicted molar refractivity (Wildman–Crippen MR) is 117 cm³/mol. The Bertz CT molecular complexity index is 1330. The van der Waals surface area contributed by atoms with Gasteiger partial charge in [0.15, 0.2) is 0 Å². The van der Waals surface area contributed by atoms with Crippen molar-refractivity contribution in [3.63, 3.8) is 0 Å². The highest BCUT2D eigenvalue weighted by Gasteiger charge is 2.19. The van der Waals surface area contributed by atoms with Crippen molar-refractivity contribution in [1.29, 1.82) is 0 Å². The summed E-state index contributed by atoms with van der Waals surface area (Å²) in [6.45, 7) is 2.10. The van der Waals surface area contributed by atoms with Gasteiger partial charge in [0.25, 0.3) is 0 Å². The minimum Gasteiger partial charge on any atom is -0.353 e. The van der Waals surface area contributed by atoms with E-state index in [4.69, 9.17) is 4.98 Å². The summed E-state index contributed by atoms with van der Waals surface area (Å²) in [7, 11) is 0. The molecule has 30 heavy (non-hydrogen) atoms. The van der Waals surface area contributed by atoms with Crippen LogP contribution >= 0.6 is 0 Å². The molecule has 1 saturated heterocycles. The van der Waals surface area contributed by atoms with E-state index in [1.54, 1.807) is 6.20 Å². The van der Waals surface area contributed by atoms with Crippen molar-refractivity contribution >= 4 is 21.8 Å². The summed E-state index contributed by atoms with van der Waals surface area (Å²) in [6.07, 6.45) is 7.76. The van der Waals surface area contributed by atoms with Gasteiger partial charge >= 0.3 is 0 Å². The van der Waals surface area contributed by atoms with E-state index in [0.717, 1.165) is 76.2 Å². The molecule has 1 aliphatic rings. The minimum absolute atomic E-state index is 0.501. The first-order chi connectivity index (χ1) is 14.9. The first-order valence-electron chi connectivity index (χ1n) is 10.3. The predicted octanol–water partition coefficient (Wildman–Crippen LogP) is 4.03. The Morgan fingerprint density at radius 3 is 2.60 bits per heavy atom. The molecule has 0 amide bonds. The molecular formula is C23H21N7. The quantitative estimate of drug-likeness (QED) is 0.429. The van der Waals surface area contributed by atoms with Crippen molar-refractivity contribution in [2.45, 2.75) is 18.8 Å². The van der Waals surface area contributed by atoms with Gasteiger partial charge in [-0.2, -0.15) is 5.10 Å². The molecule has 0 unspecified atom stereocenters. The Hall–Kier alpha value is -3.58. The molecule has 1 aliphatic heterocycles. The smallest absolute Gasteiger partial charge is 0.116 e. The maximum absolute atomic E-state index is 4.71. The number of H-pyrrole nitrogens is 2. The number of nitrogens with zero attached hydrogens (tertiary/aromatic N) is 4. The molecule has 0 aromatic carbocycles. The summed E-state index contributed by atoms with van der Waals surface area (Å²) in [5.41, 5.74) is 6.72. The van der Waals surface area contributed by atoms with Crippen LogP contribution in [0.15, 0.2) is 55.0 Å². The lowest BCUT2D eigenvalue weighted by atomic mass is 9.93. The van der Waals surface area contributed by atoms with E-state index < -0.39 is 0 Å². The van der Waals surface area contributed by atoms with Crippen LogP contribution in [0.2, 0.25) is 0 Å². The zero-order chi connectivity index (χ0) is 19.9. The lowest BCUT2D eigenvalue weighted by molar-refractivity contribution is 0.453. The third-order valence-corrected chi connectivity index (χ3v) is 5.94. The Morgan fingerprint density at radius 1 is 0.833 bits per heavy atom. The van der Waals surface area contributed by atoms with Crippen molar-refractivity contribution in [1.82, 2.24) is 35.5 Å². The highest BCUT2D eigenvalue weighted by Crippen LogP contribution is 2.33. The van der Waals surface area contributed by atoms with Crippen LogP contribution in [-0.4, -0.2) is 43.2 Å². The van der Waals surface area contributed by atoms with E-state index in [9.17, 15) is 0 Å². The molecule has 6 rings (SSSR count). The molecule has 5 aromatic rings. The second-order valence-corrected chi connectivity index (χ2v) is 7.77. The van der Waals surface area contributed by atoms with E-state index >= 15 is 0 Å². The number of aromatic amines is 2. The van der Waals surface area contributed by atoms with Crippen LogP contribution in [0.5, 0.6) is 0 Å². The molecule has 0 radical (unpaired) electrons. The molecule has 5 aromatic heterocycles. The maximum atomic E-state index is 4.71. The zero-order valence-corrected chi connectivity index (χ0v) is 16.4. The Labute approximate surface area is 173 Å². The van der Waals surface area contributed by atoms with Gasteiger partial charge in [0.1, 0.15) is 5.69 Å². The third-order valence-electron chi connectivity index (χ3n) is 5.94. The molecule has 0 aliphatic carbocycles. The molecule has 0 atom stereocenters. The minimum atomic E-state index is 0.501. The second kappa shape index (κ2) is 7.03. The molecule has 1 fully saturated rings. The van der Waals surface area contributed by atoms with Crippen LogP contribution in [0.1, 0.15) is 24.5 Å². The fourth-order valence-electron chi connectivity index (χ4n) is 4.37. The second-order valence-electron chi connectivity index (χ2n) is 7.77. The molecule has 7 nitrogen and oxygen atoms in total. The van der Waals surface area contributed by atoms with Crippen molar-refractivity contribution in [3.8, 4) is 22.8 Å². The van der Waals surface area contributed by atoms with Crippen LogP contribution < -0.4 is 5.32 Å². The third kappa shape index (κ3) is 2.86. The van der Waals surface area contributed by atoms with Crippen molar-refractivity contribution in [2.24, 2.45) is 0 Å². The van der Waals surface area contributed by atoms with Gasteiger partial charge in [-0.1, -0.05) is 6.07 Å². The van der Waals surface area contributed by atoms with Gasteiger partial charge in [-0.25, -0.2) is 0 Å². The standard InChI is InChI=1S/C23H21N7/c1-2-7-25-18(3-1)22-15-12-20(28-17(15)6-10-26-22)23-16-11-19(14-4-8-24-9-5-14)27-13-21(16)29-30-23/h1-3,6-7,10-14,24,28H,4-5,8-9H2,(H,29,30). The number of hydrogen-bond donors (Lipinski definition) is 3.